The molecule has 0 aromatic heterocycles. The van der Waals surface area contributed by atoms with Crippen LogP contribution in [0.5, 0.6) is 5.75 Å². The minimum atomic E-state index is -0.224. The molecule has 0 heterocycles. The van der Waals surface area contributed by atoms with Crippen LogP contribution < -0.4 is 15.2 Å². The highest BCUT2D eigenvalue weighted by Crippen LogP contribution is 2.10. The number of esters is 2. The summed E-state index contributed by atoms with van der Waals surface area (Å²) in [4.78, 5) is 25.4. The Balaban J connectivity index is 2.03. The lowest BCUT2D eigenvalue weighted by molar-refractivity contribution is -0.143. The smallest absolute Gasteiger partial charge is 0.307 e. The van der Waals surface area contributed by atoms with E-state index in [1.54, 1.807) is 21.0 Å². The molecule has 0 bridgehead atoms. The number of rotatable bonds is 11. The normalized spacial score (nSPS) is 12.1. The molecule has 0 amide bonds. The van der Waals surface area contributed by atoms with Gasteiger partial charge in [0.15, 0.2) is 0 Å². The summed E-state index contributed by atoms with van der Waals surface area (Å²) in [5.41, 5.74) is 1.17. The Morgan fingerprint density at radius 3 is 2.15 bits per heavy atom. The standard InChI is InChI=1S/C20H27NO5/c1-4-25-19(22)8-10-21(11-9-20(23)26-5-2)14-16-12-15-6-7-17(24-3)13-18(15)16/h6-7,12-13H,4-5,8-11,14H2,1-3H3. The van der Waals surface area contributed by atoms with Crippen molar-refractivity contribution in [3.05, 3.63) is 28.6 Å². The van der Waals surface area contributed by atoms with E-state index in [2.05, 4.69) is 11.0 Å². The van der Waals surface area contributed by atoms with Crippen LogP contribution in [0.3, 0.4) is 0 Å². The minimum absolute atomic E-state index is 0.224. The average molecular weight is 361 g/mol. The summed E-state index contributed by atoms with van der Waals surface area (Å²) in [6.07, 6.45) is 2.72. The number of ether oxygens (including phenoxy) is 3. The SMILES string of the molecule is CCOC(=O)CCN(CCC(=O)OCC)CC1=c2cc(OC)ccc2=C1. The van der Waals surface area contributed by atoms with Crippen molar-refractivity contribution in [1.82, 2.24) is 4.90 Å². The molecule has 0 atom stereocenters. The van der Waals surface area contributed by atoms with Gasteiger partial charge < -0.3 is 14.2 Å². The lowest BCUT2D eigenvalue weighted by Crippen LogP contribution is -2.40. The summed E-state index contributed by atoms with van der Waals surface area (Å²) in [6, 6.07) is 5.98. The van der Waals surface area contributed by atoms with Crippen LogP contribution in [0, 0.1) is 0 Å². The second kappa shape index (κ2) is 9.97. The van der Waals surface area contributed by atoms with Crippen LogP contribution in [0.1, 0.15) is 26.7 Å². The predicted molar refractivity (Wildman–Crippen MR) is 99.1 cm³/mol. The monoisotopic (exact) mass is 361 g/mol. The van der Waals surface area contributed by atoms with Gasteiger partial charge >= 0.3 is 11.9 Å². The van der Waals surface area contributed by atoms with Crippen molar-refractivity contribution < 1.29 is 23.8 Å². The Hall–Kier alpha value is -2.34. The summed E-state index contributed by atoms with van der Waals surface area (Å²) >= 11 is 0. The maximum Gasteiger partial charge on any atom is 0.307 e. The summed E-state index contributed by atoms with van der Waals surface area (Å²) in [5.74, 6) is 0.371. The van der Waals surface area contributed by atoms with E-state index in [0.29, 0.717) is 45.7 Å². The fourth-order valence-electron chi connectivity index (χ4n) is 2.86. The summed E-state index contributed by atoms with van der Waals surface area (Å²) in [6.45, 7) is 6.07. The lowest BCUT2D eigenvalue weighted by atomic mass is 9.99. The van der Waals surface area contributed by atoms with Crippen molar-refractivity contribution in [3.8, 4) is 5.75 Å². The number of fused-ring (bicyclic) bond motifs is 1. The minimum Gasteiger partial charge on any atom is -0.497 e. The van der Waals surface area contributed by atoms with Gasteiger partial charge in [0.2, 0.25) is 0 Å². The van der Waals surface area contributed by atoms with E-state index in [4.69, 9.17) is 14.2 Å². The molecule has 142 valence electrons. The Labute approximate surface area is 154 Å². The number of carbonyl (C=O) groups is 2. The van der Waals surface area contributed by atoms with Gasteiger partial charge in [-0.15, -0.1) is 0 Å². The fraction of sp³-hybridized carbons (Fsp3) is 0.500. The molecule has 6 nitrogen and oxygen atoms in total. The predicted octanol–water partition coefficient (Wildman–Crippen LogP) is 0.848. The molecule has 26 heavy (non-hydrogen) atoms. The molecule has 0 unspecified atom stereocenters. The van der Waals surface area contributed by atoms with Crippen LogP contribution in [0.15, 0.2) is 18.2 Å². The quantitative estimate of drug-likeness (QED) is 0.545. The molecule has 0 aliphatic heterocycles. The molecular formula is C20H27NO5. The zero-order chi connectivity index (χ0) is 18.9. The van der Waals surface area contributed by atoms with Gasteiger partial charge in [0.25, 0.3) is 0 Å². The zero-order valence-electron chi connectivity index (χ0n) is 15.7. The second-order valence-electron chi connectivity index (χ2n) is 6.01. The van der Waals surface area contributed by atoms with Gasteiger partial charge in [0, 0.05) is 19.6 Å². The van der Waals surface area contributed by atoms with Crippen molar-refractivity contribution in [2.75, 3.05) is 40.0 Å². The van der Waals surface area contributed by atoms with Crippen LogP contribution in [0.2, 0.25) is 0 Å². The molecule has 1 aliphatic carbocycles. The maximum atomic E-state index is 11.7. The largest absolute Gasteiger partial charge is 0.497 e. The molecule has 1 aromatic carbocycles. The second-order valence-corrected chi connectivity index (χ2v) is 6.01. The number of hydrogen-bond donors (Lipinski definition) is 0. The zero-order valence-corrected chi connectivity index (χ0v) is 15.7. The Morgan fingerprint density at radius 2 is 1.62 bits per heavy atom. The summed E-state index contributed by atoms with van der Waals surface area (Å²) < 4.78 is 15.3. The van der Waals surface area contributed by atoms with Crippen LogP contribution >= 0.6 is 0 Å². The third-order valence-corrected chi connectivity index (χ3v) is 4.21. The molecule has 0 fully saturated rings. The highest BCUT2D eigenvalue weighted by atomic mass is 16.5. The lowest BCUT2D eigenvalue weighted by Gasteiger charge is -2.24. The van der Waals surface area contributed by atoms with Gasteiger partial charge in [-0.1, -0.05) is 6.07 Å². The van der Waals surface area contributed by atoms with E-state index < -0.39 is 0 Å². The molecule has 0 spiro atoms. The Morgan fingerprint density at radius 1 is 1.00 bits per heavy atom. The Bertz CT molecular complexity index is 734. The highest BCUT2D eigenvalue weighted by Gasteiger charge is 2.16. The van der Waals surface area contributed by atoms with Gasteiger partial charge in [-0.25, -0.2) is 0 Å². The van der Waals surface area contributed by atoms with Crippen molar-refractivity contribution in [2.24, 2.45) is 0 Å². The third kappa shape index (κ3) is 5.59. The first kappa shape index (κ1) is 20.0. The van der Waals surface area contributed by atoms with Crippen molar-refractivity contribution in [3.63, 3.8) is 0 Å². The van der Waals surface area contributed by atoms with Crippen molar-refractivity contribution in [2.45, 2.75) is 26.7 Å². The number of carbonyl (C=O) groups excluding carboxylic acids is 2. The first-order chi connectivity index (χ1) is 12.6. The van der Waals surface area contributed by atoms with E-state index in [1.807, 2.05) is 18.2 Å². The van der Waals surface area contributed by atoms with E-state index in [9.17, 15) is 9.59 Å². The third-order valence-electron chi connectivity index (χ3n) is 4.21. The maximum absolute atomic E-state index is 11.7. The first-order valence-electron chi connectivity index (χ1n) is 9.00. The van der Waals surface area contributed by atoms with Gasteiger partial charge in [-0.3, -0.25) is 14.5 Å². The molecule has 6 heteroatoms. The molecule has 0 saturated carbocycles. The summed E-state index contributed by atoms with van der Waals surface area (Å²) in [5, 5.41) is 2.33. The molecule has 2 rings (SSSR count). The number of nitrogens with zero attached hydrogens (tertiary/aromatic N) is 1. The highest BCUT2D eigenvalue weighted by molar-refractivity contribution is 5.83. The van der Waals surface area contributed by atoms with E-state index >= 15 is 0 Å². The van der Waals surface area contributed by atoms with Gasteiger partial charge in [-0.05, 0) is 48.1 Å². The number of hydrogen-bond acceptors (Lipinski definition) is 6. The molecule has 0 N–H and O–H groups in total. The number of methoxy groups -OCH3 is 1. The van der Waals surface area contributed by atoms with Crippen molar-refractivity contribution in [1.29, 1.82) is 0 Å². The van der Waals surface area contributed by atoms with E-state index in [0.717, 1.165) is 11.0 Å². The molecule has 0 radical (unpaired) electrons. The molecule has 1 aromatic rings. The Kier molecular flexibility index (Phi) is 7.66. The van der Waals surface area contributed by atoms with E-state index in [-0.39, 0.29) is 11.9 Å². The van der Waals surface area contributed by atoms with Crippen molar-refractivity contribution >= 4 is 23.6 Å². The first-order valence-corrected chi connectivity index (χ1v) is 9.00. The molecule has 1 aliphatic rings. The van der Waals surface area contributed by atoms with Crippen LogP contribution in [0.25, 0.3) is 11.6 Å². The van der Waals surface area contributed by atoms with E-state index in [1.165, 1.54) is 10.8 Å². The fourth-order valence-corrected chi connectivity index (χ4v) is 2.86. The van der Waals surface area contributed by atoms with Gasteiger partial charge in [0.05, 0.1) is 33.2 Å². The topological polar surface area (TPSA) is 65.1 Å². The van der Waals surface area contributed by atoms with Crippen LogP contribution in [-0.4, -0.2) is 56.8 Å². The molecular weight excluding hydrogens is 334 g/mol. The summed E-state index contributed by atoms with van der Waals surface area (Å²) in [7, 11) is 1.65. The average Bonchev–Trinajstić information content (AvgIpc) is 2.61. The van der Waals surface area contributed by atoms with Crippen LogP contribution in [-0.2, 0) is 19.1 Å². The van der Waals surface area contributed by atoms with Gasteiger partial charge in [-0.2, -0.15) is 0 Å². The molecule has 0 saturated heterocycles. The number of benzene rings is 1. The van der Waals surface area contributed by atoms with Gasteiger partial charge in [0.1, 0.15) is 5.75 Å². The van der Waals surface area contributed by atoms with Crippen LogP contribution in [0.4, 0.5) is 0 Å².